The van der Waals surface area contributed by atoms with Crippen LogP contribution in [0.15, 0.2) is 54.6 Å². The summed E-state index contributed by atoms with van der Waals surface area (Å²) in [6.45, 7) is 1.81. The molecule has 4 aromatic rings. The Bertz CT molecular complexity index is 1810. The van der Waals surface area contributed by atoms with Gasteiger partial charge in [0.15, 0.2) is 34.5 Å². The van der Waals surface area contributed by atoms with E-state index in [1.165, 1.54) is 16.7 Å². The molecule has 246 valence electrons. The molecule has 4 aromatic carbocycles. The number of rotatable bonds is 4. The number of fused-ring (bicyclic) bond motifs is 2. The van der Waals surface area contributed by atoms with Crippen LogP contribution in [0.3, 0.4) is 0 Å². The van der Waals surface area contributed by atoms with E-state index in [4.69, 9.17) is 34.2 Å². The topological polar surface area (TPSA) is 87.9 Å². The summed E-state index contributed by atoms with van der Waals surface area (Å²) in [5, 5.41) is 0. The van der Waals surface area contributed by atoms with Gasteiger partial charge in [-0.2, -0.15) is 0 Å². The van der Waals surface area contributed by atoms with E-state index < -0.39 is 0 Å². The minimum atomic E-state index is -0.0854. The fourth-order valence-corrected chi connectivity index (χ4v) is 7.37. The van der Waals surface area contributed by atoms with Crippen LogP contribution in [0.4, 0.5) is 5.69 Å². The van der Waals surface area contributed by atoms with Crippen molar-refractivity contribution in [1.29, 1.82) is 0 Å². The van der Waals surface area contributed by atoms with Crippen LogP contribution in [-0.4, -0.2) is 65.4 Å². The molecule has 9 nitrogen and oxygen atoms in total. The van der Waals surface area contributed by atoms with Crippen molar-refractivity contribution in [3.05, 3.63) is 88.0 Å². The largest absolute Gasteiger partial charge is 0.493 e. The molecule has 2 N–H and O–H groups in total. The van der Waals surface area contributed by atoms with E-state index in [1.54, 1.807) is 28.4 Å². The standard InChI is InChI=1S/C38H43N3O6/c1-40-13-11-23-17-31(42-3)34-20-27(23)29(40)15-22-7-9-26(10-8-22)46-33-19-25(28(39)21-32(33)43-4)16-30-36-24(12-14-41(30)2)18-35(44-5)37(45-6)38(36)47-34/h7-10,17-21,29-30H,11-16,39H2,1-6H3/t29-,30-/m0/s1. The first-order chi connectivity index (χ1) is 22.8. The second kappa shape index (κ2) is 12.5. The second-order valence-corrected chi connectivity index (χ2v) is 12.7. The monoisotopic (exact) mass is 637 g/mol. The van der Waals surface area contributed by atoms with Gasteiger partial charge in [-0.3, -0.25) is 9.80 Å². The van der Waals surface area contributed by atoms with Crippen LogP contribution in [-0.2, 0) is 25.7 Å². The average molecular weight is 638 g/mol. The number of benzene rings is 4. The van der Waals surface area contributed by atoms with E-state index >= 15 is 0 Å². The Morgan fingerprint density at radius 1 is 0.660 bits per heavy atom. The van der Waals surface area contributed by atoms with Crippen LogP contribution in [0, 0.1) is 0 Å². The molecule has 0 aliphatic carbocycles. The molecule has 9 heteroatoms. The Kier molecular flexibility index (Phi) is 8.28. The van der Waals surface area contributed by atoms with Gasteiger partial charge in [-0.15, -0.1) is 0 Å². The molecule has 2 atom stereocenters. The summed E-state index contributed by atoms with van der Waals surface area (Å²) < 4.78 is 37.1. The fourth-order valence-electron chi connectivity index (χ4n) is 7.37. The summed E-state index contributed by atoms with van der Waals surface area (Å²) in [6.07, 6.45) is 3.19. The van der Waals surface area contributed by atoms with Gasteiger partial charge < -0.3 is 34.2 Å². The number of likely N-dealkylation sites (N-methyl/N-ethyl adjacent to an activating group) is 2. The summed E-state index contributed by atoms with van der Waals surface area (Å²) in [5.74, 6) is 5.06. The third-order valence-corrected chi connectivity index (χ3v) is 10.0. The average Bonchev–Trinajstić information content (AvgIpc) is 3.08. The summed E-state index contributed by atoms with van der Waals surface area (Å²) in [7, 11) is 11.0. The molecule has 8 rings (SSSR count). The summed E-state index contributed by atoms with van der Waals surface area (Å²) >= 11 is 0. The van der Waals surface area contributed by atoms with E-state index in [-0.39, 0.29) is 12.1 Å². The third-order valence-electron chi connectivity index (χ3n) is 10.0. The first-order valence-electron chi connectivity index (χ1n) is 16.1. The lowest BCUT2D eigenvalue weighted by atomic mass is 9.87. The van der Waals surface area contributed by atoms with Gasteiger partial charge in [-0.05, 0) is 104 Å². The maximum Gasteiger partial charge on any atom is 0.204 e. The Balaban J connectivity index is 1.48. The lowest BCUT2D eigenvalue weighted by Gasteiger charge is -2.37. The van der Waals surface area contributed by atoms with Crippen molar-refractivity contribution in [1.82, 2.24) is 9.80 Å². The molecule has 6 bridgehead atoms. The zero-order valence-corrected chi connectivity index (χ0v) is 28.0. The number of nitrogen functional groups attached to an aromatic ring is 1. The zero-order valence-electron chi connectivity index (χ0n) is 28.0. The summed E-state index contributed by atoms with van der Waals surface area (Å²) in [5.41, 5.74) is 14.2. The van der Waals surface area contributed by atoms with Crippen molar-refractivity contribution in [2.75, 3.05) is 61.4 Å². The molecule has 4 aliphatic rings. The molecule has 47 heavy (non-hydrogen) atoms. The minimum absolute atomic E-state index is 0.0854. The molecule has 4 heterocycles. The Labute approximate surface area is 276 Å². The van der Waals surface area contributed by atoms with Gasteiger partial charge >= 0.3 is 0 Å². The highest BCUT2D eigenvalue weighted by molar-refractivity contribution is 5.65. The van der Waals surface area contributed by atoms with Crippen LogP contribution in [0.2, 0.25) is 0 Å². The fraction of sp³-hybridized carbons (Fsp3) is 0.368. The van der Waals surface area contributed by atoms with Gasteiger partial charge in [0.1, 0.15) is 5.75 Å². The number of hydrogen-bond acceptors (Lipinski definition) is 9. The van der Waals surface area contributed by atoms with Gasteiger partial charge in [-0.1, -0.05) is 12.1 Å². The van der Waals surface area contributed by atoms with Crippen molar-refractivity contribution in [3.8, 4) is 46.0 Å². The van der Waals surface area contributed by atoms with E-state index in [0.29, 0.717) is 52.4 Å². The van der Waals surface area contributed by atoms with Crippen LogP contribution < -0.4 is 34.2 Å². The number of nitrogens with two attached hydrogens (primary N) is 1. The number of nitrogens with zero attached hydrogens (tertiary/aromatic N) is 2. The first kappa shape index (κ1) is 31.0. The molecule has 0 unspecified atom stereocenters. The predicted octanol–water partition coefficient (Wildman–Crippen LogP) is 6.74. The van der Waals surface area contributed by atoms with Crippen LogP contribution in [0.25, 0.3) is 0 Å². The molecule has 4 aliphatic heterocycles. The summed E-state index contributed by atoms with van der Waals surface area (Å²) in [4.78, 5) is 4.76. The quantitative estimate of drug-likeness (QED) is 0.244. The van der Waals surface area contributed by atoms with Crippen molar-refractivity contribution in [2.45, 2.75) is 37.8 Å². The van der Waals surface area contributed by atoms with Crippen molar-refractivity contribution >= 4 is 5.69 Å². The molecule has 0 radical (unpaired) electrons. The highest BCUT2D eigenvalue weighted by atomic mass is 16.5. The number of hydrogen-bond donors (Lipinski definition) is 1. The Hall–Kier alpha value is -4.60. The highest BCUT2D eigenvalue weighted by Crippen LogP contribution is 2.52. The molecule has 0 saturated carbocycles. The zero-order chi connectivity index (χ0) is 32.8. The molecule has 0 saturated heterocycles. The molecular weight excluding hydrogens is 594 g/mol. The van der Waals surface area contributed by atoms with Gasteiger partial charge in [0.05, 0.1) is 28.4 Å². The predicted molar refractivity (Wildman–Crippen MR) is 182 cm³/mol. The first-order valence-corrected chi connectivity index (χ1v) is 16.1. The van der Waals surface area contributed by atoms with Gasteiger partial charge in [0.25, 0.3) is 0 Å². The Morgan fingerprint density at radius 3 is 2.00 bits per heavy atom. The smallest absolute Gasteiger partial charge is 0.204 e. The van der Waals surface area contributed by atoms with Crippen molar-refractivity contribution < 1.29 is 28.4 Å². The highest BCUT2D eigenvalue weighted by Gasteiger charge is 2.35. The van der Waals surface area contributed by atoms with Crippen LogP contribution in [0.1, 0.15) is 45.5 Å². The van der Waals surface area contributed by atoms with Crippen LogP contribution >= 0.6 is 0 Å². The van der Waals surface area contributed by atoms with Gasteiger partial charge in [-0.25, -0.2) is 0 Å². The third kappa shape index (κ3) is 5.57. The number of methoxy groups -OCH3 is 4. The maximum atomic E-state index is 7.03. The number of ether oxygens (including phenoxy) is 6. The van der Waals surface area contributed by atoms with Gasteiger partial charge in [0.2, 0.25) is 5.75 Å². The molecule has 0 spiro atoms. The second-order valence-electron chi connectivity index (χ2n) is 12.7. The van der Waals surface area contributed by atoms with E-state index in [0.717, 1.165) is 54.8 Å². The van der Waals surface area contributed by atoms with E-state index in [2.05, 4.69) is 54.2 Å². The maximum absolute atomic E-state index is 7.03. The van der Waals surface area contributed by atoms with Crippen LogP contribution in [0.5, 0.6) is 46.0 Å². The molecule has 0 fully saturated rings. The van der Waals surface area contributed by atoms with Crippen molar-refractivity contribution in [2.24, 2.45) is 0 Å². The molecule has 0 amide bonds. The summed E-state index contributed by atoms with van der Waals surface area (Å²) in [6, 6.07) is 18.6. The van der Waals surface area contributed by atoms with Gasteiger partial charge in [0, 0.05) is 42.5 Å². The minimum Gasteiger partial charge on any atom is -0.493 e. The lowest BCUT2D eigenvalue weighted by Crippen LogP contribution is -2.34. The Morgan fingerprint density at radius 2 is 1.30 bits per heavy atom. The normalized spacial score (nSPS) is 19.0. The van der Waals surface area contributed by atoms with E-state index in [9.17, 15) is 0 Å². The van der Waals surface area contributed by atoms with Crippen molar-refractivity contribution in [3.63, 3.8) is 0 Å². The number of anilines is 1. The SMILES string of the molecule is COc1cc(N)c2cc1Oc1ccc(cc1)C[C@H]1c3cc(c(OC)cc3CCN1C)Oc1c(OC)c(OC)cc3c1[C@H](C2)N(C)CC3. The molecular formula is C38H43N3O6. The lowest BCUT2D eigenvalue weighted by molar-refractivity contribution is 0.220. The van der Waals surface area contributed by atoms with E-state index in [1.807, 2.05) is 24.3 Å². The molecule has 0 aromatic heterocycles.